The third-order valence-electron chi connectivity index (χ3n) is 2.98. The Morgan fingerprint density at radius 1 is 1.47 bits per heavy atom. The van der Waals surface area contributed by atoms with E-state index in [4.69, 9.17) is 0 Å². The number of aromatic nitrogens is 4. The van der Waals surface area contributed by atoms with Gasteiger partial charge in [0.25, 0.3) is 0 Å². The second kappa shape index (κ2) is 3.22. The van der Waals surface area contributed by atoms with E-state index in [0.717, 1.165) is 31.8 Å². The fourth-order valence-electron chi connectivity index (χ4n) is 2.09. The number of rotatable bonds is 1. The maximum absolute atomic E-state index is 4.57. The number of aryl methyl sites for hydroxylation is 3. The van der Waals surface area contributed by atoms with E-state index < -0.39 is 0 Å². The summed E-state index contributed by atoms with van der Waals surface area (Å²) in [7, 11) is 0. The number of fused-ring (bicyclic) bond motifs is 2. The van der Waals surface area contributed by atoms with Crippen LogP contribution in [-0.4, -0.2) is 19.3 Å². The molecule has 3 heterocycles. The Morgan fingerprint density at radius 3 is 3.27 bits per heavy atom. The van der Waals surface area contributed by atoms with Gasteiger partial charge < -0.3 is 4.57 Å². The van der Waals surface area contributed by atoms with Gasteiger partial charge in [0.1, 0.15) is 5.82 Å². The van der Waals surface area contributed by atoms with Crippen LogP contribution in [0.25, 0.3) is 0 Å². The summed E-state index contributed by atoms with van der Waals surface area (Å²) in [6.45, 7) is 3.97. The predicted molar refractivity (Wildman–Crippen MR) is 56.6 cm³/mol. The van der Waals surface area contributed by atoms with Gasteiger partial charge >= 0.3 is 0 Å². The van der Waals surface area contributed by atoms with Crippen molar-refractivity contribution in [1.29, 1.82) is 0 Å². The van der Waals surface area contributed by atoms with Gasteiger partial charge in [0.2, 0.25) is 0 Å². The van der Waals surface area contributed by atoms with Gasteiger partial charge in [-0.05, 0) is 12.5 Å². The Hall–Kier alpha value is -1.58. The standard InChI is InChI=1S/C11H14N4/c1-2-9-7-10-3-5-14-6-4-12-11(14)8-15(10)13-9/h4,6-7H,2-3,5,8H2,1H3. The number of imidazole rings is 1. The van der Waals surface area contributed by atoms with Crippen molar-refractivity contribution in [3.63, 3.8) is 0 Å². The van der Waals surface area contributed by atoms with Crippen LogP contribution in [0.2, 0.25) is 0 Å². The Labute approximate surface area is 88.6 Å². The minimum atomic E-state index is 0.808. The first-order valence-corrected chi connectivity index (χ1v) is 5.42. The van der Waals surface area contributed by atoms with Gasteiger partial charge in [-0.15, -0.1) is 0 Å². The highest BCUT2D eigenvalue weighted by molar-refractivity contribution is 5.13. The van der Waals surface area contributed by atoms with E-state index in [2.05, 4.69) is 32.3 Å². The van der Waals surface area contributed by atoms with E-state index >= 15 is 0 Å². The molecule has 1 aliphatic rings. The van der Waals surface area contributed by atoms with Crippen LogP contribution in [-0.2, 0) is 25.9 Å². The molecule has 0 fully saturated rings. The zero-order valence-electron chi connectivity index (χ0n) is 8.85. The zero-order valence-corrected chi connectivity index (χ0v) is 8.85. The first kappa shape index (κ1) is 8.71. The van der Waals surface area contributed by atoms with Gasteiger partial charge in [0.05, 0.1) is 12.2 Å². The average molecular weight is 202 g/mol. The van der Waals surface area contributed by atoms with Gasteiger partial charge in [-0.2, -0.15) is 5.10 Å². The third-order valence-corrected chi connectivity index (χ3v) is 2.98. The average Bonchev–Trinajstić information content (AvgIpc) is 2.81. The lowest BCUT2D eigenvalue weighted by molar-refractivity contribution is 0.630. The van der Waals surface area contributed by atoms with Crippen LogP contribution < -0.4 is 0 Å². The molecule has 0 aliphatic carbocycles. The molecular formula is C11H14N4. The van der Waals surface area contributed by atoms with Crippen molar-refractivity contribution >= 4 is 0 Å². The first-order valence-electron chi connectivity index (χ1n) is 5.42. The molecule has 2 aromatic rings. The molecule has 0 aromatic carbocycles. The number of hydrogen-bond donors (Lipinski definition) is 0. The molecule has 0 atom stereocenters. The SMILES string of the molecule is CCc1cc2n(n1)Cc1nccn1CC2. The molecule has 0 radical (unpaired) electrons. The smallest absolute Gasteiger partial charge is 0.130 e. The van der Waals surface area contributed by atoms with Crippen molar-refractivity contribution in [1.82, 2.24) is 19.3 Å². The summed E-state index contributed by atoms with van der Waals surface area (Å²) >= 11 is 0. The Morgan fingerprint density at radius 2 is 2.40 bits per heavy atom. The van der Waals surface area contributed by atoms with Crippen molar-refractivity contribution in [2.75, 3.05) is 0 Å². The van der Waals surface area contributed by atoms with Crippen LogP contribution in [0.3, 0.4) is 0 Å². The summed E-state index contributed by atoms with van der Waals surface area (Å²) in [5, 5.41) is 4.57. The minimum Gasteiger partial charge on any atom is -0.333 e. The summed E-state index contributed by atoms with van der Waals surface area (Å²) in [6.07, 6.45) is 5.97. The summed E-state index contributed by atoms with van der Waals surface area (Å²) < 4.78 is 4.30. The topological polar surface area (TPSA) is 35.6 Å². The summed E-state index contributed by atoms with van der Waals surface area (Å²) in [4.78, 5) is 4.35. The molecule has 3 rings (SSSR count). The van der Waals surface area contributed by atoms with Crippen molar-refractivity contribution in [2.24, 2.45) is 0 Å². The molecule has 4 heteroatoms. The van der Waals surface area contributed by atoms with E-state index in [1.54, 1.807) is 0 Å². The Bertz CT molecular complexity index is 480. The fraction of sp³-hybridized carbons (Fsp3) is 0.455. The highest BCUT2D eigenvalue weighted by Gasteiger charge is 2.14. The quantitative estimate of drug-likeness (QED) is 0.697. The summed E-state index contributed by atoms with van der Waals surface area (Å²) in [5.74, 6) is 1.11. The molecule has 78 valence electrons. The van der Waals surface area contributed by atoms with Gasteiger partial charge in [0, 0.05) is 31.1 Å². The van der Waals surface area contributed by atoms with Crippen molar-refractivity contribution in [2.45, 2.75) is 32.9 Å². The van der Waals surface area contributed by atoms with E-state index in [1.165, 1.54) is 11.4 Å². The second-order valence-corrected chi connectivity index (χ2v) is 3.93. The molecule has 0 bridgehead atoms. The lowest BCUT2D eigenvalue weighted by atomic mass is 10.2. The summed E-state index contributed by atoms with van der Waals surface area (Å²) in [5.41, 5.74) is 2.52. The van der Waals surface area contributed by atoms with Crippen molar-refractivity contribution in [3.05, 3.63) is 35.7 Å². The van der Waals surface area contributed by atoms with E-state index in [0.29, 0.717) is 0 Å². The van der Waals surface area contributed by atoms with Crippen LogP contribution in [0, 0.1) is 0 Å². The highest BCUT2D eigenvalue weighted by Crippen LogP contribution is 2.14. The van der Waals surface area contributed by atoms with Gasteiger partial charge in [-0.1, -0.05) is 6.92 Å². The molecular weight excluding hydrogens is 188 g/mol. The van der Waals surface area contributed by atoms with Crippen LogP contribution >= 0.6 is 0 Å². The van der Waals surface area contributed by atoms with Gasteiger partial charge in [0.15, 0.2) is 0 Å². The fourth-order valence-corrected chi connectivity index (χ4v) is 2.09. The lowest BCUT2D eigenvalue weighted by Gasteiger charge is -2.01. The molecule has 0 N–H and O–H groups in total. The molecule has 0 spiro atoms. The zero-order chi connectivity index (χ0) is 10.3. The molecule has 0 saturated heterocycles. The predicted octanol–water partition coefficient (Wildman–Crippen LogP) is 1.25. The maximum atomic E-state index is 4.57. The van der Waals surface area contributed by atoms with Gasteiger partial charge in [-0.3, -0.25) is 4.68 Å². The van der Waals surface area contributed by atoms with Gasteiger partial charge in [-0.25, -0.2) is 4.98 Å². The molecule has 4 nitrogen and oxygen atoms in total. The Balaban J connectivity index is 2.02. The van der Waals surface area contributed by atoms with Crippen molar-refractivity contribution < 1.29 is 0 Å². The van der Waals surface area contributed by atoms with Crippen molar-refractivity contribution in [3.8, 4) is 0 Å². The number of nitrogens with zero attached hydrogens (tertiary/aromatic N) is 4. The molecule has 1 aliphatic heterocycles. The second-order valence-electron chi connectivity index (χ2n) is 3.93. The van der Waals surface area contributed by atoms with E-state index in [-0.39, 0.29) is 0 Å². The molecule has 2 aromatic heterocycles. The number of hydrogen-bond acceptors (Lipinski definition) is 2. The highest BCUT2D eigenvalue weighted by atomic mass is 15.3. The monoisotopic (exact) mass is 202 g/mol. The third kappa shape index (κ3) is 1.37. The Kier molecular flexibility index (Phi) is 1.87. The molecule has 0 unspecified atom stereocenters. The summed E-state index contributed by atoms with van der Waals surface area (Å²) in [6, 6.07) is 2.21. The molecule has 15 heavy (non-hydrogen) atoms. The van der Waals surface area contributed by atoms with E-state index in [9.17, 15) is 0 Å². The lowest BCUT2D eigenvalue weighted by Crippen LogP contribution is -2.06. The normalized spacial score (nSPS) is 14.5. The molecule has 0 amide bonds. The van der Waals surface area contributed by atoms with Crippen LogP contribution in [0.15, 0.2) is 18.5 Å². The minimum absolute atomic E-state index is 0.808. The maximum Gasteiger partial charge on any atom is 0.130 e. The molecule has 0 saturated carbocycles. The van der Waals surface area contributed by atoms with Crippen LogP contribution in [0.5, 0.6) is 0 Å². The van der Waals surface area contributed by atoms with E-state index in [1.807, 2.05) is 12.4 Å². The van der Waals surface area contributed by atoms with Crippen LogP contribution in [0.1, 0.15) is 24.1 Å². The van der Waals surface area contributed by atoms with Crippen LogP contribution in [0.4, 0.5) is 0 Å². The first-order chi connectivity index (χ1) is 7.36. The largest absolute Gasteiger partial charge is 0.333 e.